The standard InChI is InChI=1S/C4H6O2.C3H6O/c1-4(6)2-3-5;1-2-3-4/h3H,2H2,1H3;3H,2H2,1H3. The molecule has 0 aliphatic carbocycles. The van der Waals surface area contributed by atoms with Gasteiger partial charge in [-0.3, -0.25) is 4.79 Å². The lowest BCUT2D eigenvalue weighted by Crippen LogP contribution is -1.87. The summed E-state index contributed by atoms with van der Waals surface area (Å²) in [6.07, 6.45) is 2.17. The first-order valence-corrected chi connectivity index (χ1v) is 3.05. The predicted octanol–water partition coefficient (Wildman–Crippen LogP) is 0.760. The van der Waals surface area contributed by atoms with Crippen molar-refractivity contribution >= 4 is 18.4 Å². The highest BCUT2D eigenvalue weighted by atomic mass is 16.1. The Labute approximate surface area is 60.4 Å². The molecule has 0 spiro atoms. The van der Waals surface area contributed by atoms with E-state index in [0.717, 1.165) is 6.29 Å². The number of aldehydes is 2. The number of ketones is 1. The number of hydrogen-bond donors (Lipinski definition) is 0. The van der Waals surface area contributed by atoms with E-state index in [-0.39, 0.29) is 12.2 Å². The Kier molecular flexibility index (Phi) is 12.8. The van der Waals surface area contributed by atoms with Gasteiger partial charge in [0.1, 0.15) is 18.4 Å². The molecular formula is C7H12O3. The van der Waals surface area contributed by atoms with E-state index in [2.05, 4.69) is 0 Å². The fourth-order valence-corrected chi connectivity index (χ4v) is 0.117. The van der Waals surface area contributed by atoms with Crippen molar-refractivity contribution in [3.63, 3.8) is 0 Å². The summed E-state index contributed by atoms with van der Waals surface area (Å²) in [6.45, 7) is 3.20. The Hall–Kier alpha value is -0.990. The largest absolute Gasteiger partial charge is 0.303 e. The molecule has 0 atom stereocenters. The van der Waals surface area contributed by atoms with E-state index in [0.29, 0.717) is 12.7 Å². The van der Waals surface area contributed by atoms with Gasteiger partial charge >= 0.3 is 0 Å². The molecule has 3 nitrogen and oxygen atoms in total. The molecule has 0 heterocycles. The normalized spacial score (nSPS) is 7.00. The van der Waals surface area contributed by atoms with Crippen LogP contribution in [0.3, 0.4) is 0 Å². The molecule has 0 aromatic heterocycles. The topological polar surface area (TPSA) is 51.2 Å². The van der Waals surface area contributed by atoms with Gasteiger partial charge in [0.05, 0.1) is 6.42 Å². The van der Waals surface area contributed by atoms with Crippen molar-refractivity contribution in [3.8, 4) is 0 Å². The van der Waals surface area contributed by atoms with Crippen molar-refractivity contribution < 1.29 is 14.4 Å². The smallest absolute Gasteiger partial charge is 0.136 e. The fourth-order valence-electron chi connectivity index (χ4n) is 0.117. The van der Waals surface area contributed by atoms with Crippen LogP contribution in [0.2, 0.25) is 0 Å². The first-order chi connectivity index (χ1) is 4.68. The third kappa shape index (κ3) is 27.9. The van der Waals surface area contributed by atoms with E-state index in [1.54, 1.807) is 0 Å². The molecule has 0 radical (unpaired) electrons. The molecule has 3 heteroatoms. The molecule has 0 aliphatic rings. The number of carbonyl (C=O) groups is 3. The molecular weight excluding hydrogens is 132 g/mol. The van der Waals surface area contributed by atoms with Gasteiger partial charge in [0, 0.05) is 6.42 Å². The first-order valence-electron chi connectivity index (χ1n) is 3.05. The van der Waals surface area contributed by atoms with Crippen LogP contribution in [-0.4, -0.2) is 18.4 Å². The number of Topliss-reactive ketones (excluding diaryl/α,β-unsaturated/α-hetero) is 1. The van der Waals surface area contributed by atoms with Crippen molar-refractivity contribution in [2.24, 2.45) is 0 Å². The Morgan fingerprint density at radius 3 is 1.70 bits per heavy atom. The predicted molar refractivity (Wildman–Crippen MR) is 37.7 cm³/mol. The summed E-state index contributed by atoms with van der Waals surface area (Å²) in [5, 5.41) is 0. The minimum atomic E-state index is -0.0787. The second kappa shape index (κ2) is 10.9. The zero-order chi connectivity index (χ0) is 8.41. The first kappa shape index (κ1) is 11.8. The van der Waals surface area contributed by atoms with Gasteiger partial charge < -0.3 is 9.59 Å². The number of rotatable bonds is 3. The van der Waals surface area contributed by atoms with Crippen LogP contribution in [0, 0.1) is 0 Å². The lowest BCUT2D eigenvalue weighted by Gasteiger charge is -1.71. The van der Waals surface area contributed by atoms with E-state index in [4.69, 9.17) is 0 Å². The maximum absolute atomic E-state index is 9.81. The highest BCUT2D eigenvalue weighted by Gasteiger charge is 1.83. The van der Waals surface area contributed by atoms with Crippen molar-refractivity contribution in [3.05, 3.63) is 0 Å². The summed E-state index contributed by atoms with van der Waals surface area (Å²) < 4.78 is 0. The Bertz CT molecular complexity index is 107. The molecule has 0 aromatic carbocycles. The molecule has 58 valence electrons. The van der Waals surface area contributed by atoms with Gasteiger partial charge in [-0.25, -0.2) is 0 Å². The molecule has 0 unspecified atom stereocenters. The molecule has 10 heavy (non-hydrogen) atoms. The molecule has 0 aliphatic heterocycles. The SMILES string of the molecule is CC(=O)CC=O.CCC=O. The average Bonchev–Trinajstić information content (AvgIpc) is 1.89. The summed E-state index contributed by atoms with van der Waals surface area (Å²) in [5.41, 5.74) is 0. The van der Waals surface area contributed by atoms with E-state index in [9.17, 15) is 14.4 Å². The molecule has 0 saturated carbocycles. The van der Waals surface area contributed by atoms with Gasteiger partial charge in [0.15, 0.2) is 0 Å². The Morgan fingerprint density at radius 1 is 1.30 bits per heavy atom. The van der Waals surface area contributed by atoms with Gasteiger partial charge in [-0.15, -0.1) is 0 Å². The van der Waals surface area contributed by atoms with Crippen LogP contribution in [0.4, 0.5) is 0 Å². The quantitative estimate of drug-likeness (QED) is 0.434. The van der Waals surface area contributed by atoms with Gasteiger partial charge in [0.25, 0.3) is 0 Å². The summed E-state index contributed by atoms with van der Waals surface area (Å²) >= 11 is 0. The summed E-state index contributed by atoms with van der Waals surface area (Å²) in [6, 6.07) is 0. The summed E-state index contributed by atoms with van der Waals surface area (Å²) in [5.74, 6) is -0.0787. The van der Waals surface area contributed by atoms with E-state index in [1.165, 1.54) is 6.92 Å². The Morgan fingerprint density at radius 2 is 1.70 bits per heavy atom. The van der Waals surface area contributed by atoms with Crippen LogP contribution in [0.5, 0.6) is 0 Å². The van der Waals surface area contributed by atoms with E-state index in [1.807, 2.05) is 6.92 Å². The second-order valence-electron chi connectivity index (χ2n) is 1.65. The number of carbonyl (C=O) groups excluding carboxylic acids is 3. The molecule has 0 fully saturated rings. The highest BCUT2D eigenvalue weighted by Crippen LogP contribution is 1.69. The average molecular weight is 144 g/mol. The van der Waals surface area contributed by atoms with Gasteiger partial charge in [-0.2, -0.15) is 0 Å². The third-order valence-corrected chi connectivity index (χ3v) is 0.537. The van der Waals surface area contributed by atoms with Crippen LogP contribution in [0.25, 0.3) is 0 Å². The minimum Gasteiger partial charge on any atom is -0.303 e. The maximum Gasteiger partial charge on any atom is 0.136 e. The van der Waals surface area contributed by atoms with Crippen molar-refractivity contribution in [1.29, 1.82) is 0 Å². The van der Waals surface area contributed by atoms with Crippen molar-refractivity contribution in [1.82, 2.24) is 0 Å². The summed E-state index contributed by atoms with van der Waals surface area (Å²) in [7, 11) is 0. The maximum atomic E-state index is 9.81. The van der Waals surface area contributed by atoms with Crippen LogP contribution in [0.1, 0.15) is 26.7 Å². The molecule has 0 aromatic rings. The third-order valence-electron chi connectivity index (χ3n) is 0.537. The molecule has 0 amide bonds. The van der Waals surface area contributed by atoms with E-state index < -0.39 is 0 Å². The zero-order valence-electron chi connectivity index (χ0n) is 6.29. The Balaban J connectivity index is 0. The second-order valence-corrected chi connectivity index (χ2v) is 1.65. The number of hydrogen-bond acceptors (Lipinski definition) is 3. The van der Waals surface area contributed by atoms with Crippen LogP contribution in [-0.2, 0) is 14.4 Å². The molecule has 0 saturated heterocycles. The van der Waals surface area contributed by atoms with Crippen LogP contribution in [0.15, 0.2) is 0 Å². The van der Waals surface area contributed by atoms with E-state index >= 15 is 0 Å². The molecule has 0 N–H and O–H groups in total. The summed E-state index contributed by atoms with van der Waals surface area (Å²) in [4.78, 5) is 28.4. The fraction of sp³-hybridized carbons (Fsp3) is 0.571. The monoisotopic (exact) mass is 144 g/mol. The van der Waals surface area contributed by atoms with Crippen LogP contribution >= 0.6 is 0 Å². The van der Waals surface area contributed by atoms with Crippen molar-refractivity contribution in [2.75, 3.05) is 0 Å². The van der Waals surface area contributed by atoms with Crippen molar-refractivity contribution in [2.45, 2.75) is 26.7 Å². The van der Waals surface area contributed by atoms with Gasteiger partial charge in [-0.1, -0.05) is 6.92 Å². The lowest BCUT2D eigenvalue weighted by atomic mass is 10.3. The molecule has 0 rings (SSSR count). The highest BCUT2D eigenvalue weighted by molar-refractivity contribution is 5.87. The van der Waals surface area contributed by atoms with Gasteiger partial charge in [-0.05, 0) is 6.92 Å². The molecule has 0 bridgehead atoms. The zero-order valence-corrected chi connectivity index (χ0v) is 6.29. The minimum absolute atomic E-state index is 0.0556. The van der Waals surface area contributed by atoms with Gasteiger partial charge in [0.2, 0.25) is 0 Å². The van der Waals surface area contributed by atoms with Crippen LogP contribution < -0.4 is 0 Å². The lowest BCUT2D eigenvalue weighted by molar-refractivity contribution is -0.120.